The number of nitrogens with zero attached hydrogens (tertiary/aromatic N) is 1. The van der Waals surface area contributed by atoms with E-state index in [2.05, 4.69) is 26.4 Å². The van der Waals surface area contributed by atoms with Crippen LogP contribution in [0.2, 0.25) is 0 Å². The first-order valence-corrected chi connectivity index (χ1v) is 4.88. The Balaban J connectivity index is 2.27. The van der Waals surface area contributed by atoms with Crippen molar-refractivity contribution in [1.29, 1.82) is 0 Å². The maximum Gasteiger partial charge on any atom is 0.110 e. The standard InChI is InChI=1S/C6H9BrN2OS/c1-2-10-9-4-6-8-3-5(7)11-6/h3,9H,2,4H2,1H3. The molecule has 1 heterocycles. The molecule has 0 atom stereocenters. The molecule has 0 radical (unpaired) electrons. The number of aromatic nitrogens is 1. The van der Waals surface area contributed by atoms with E-state index >= 15 is 0 Å². The molecule has 0 aliphatic carbocycles. The van der Waals surface area contributed by atoms with Crippen LogP contribution in [0.4, 0.5) is 0 Å². The van der Waals surface area contributed by atoms with Crippen LogP contribution in [0.25, 0.3) is 0 Å². The molecule has 1 aromatic rings. The van der Waals surface area contributed by atoms with Crippen molar-refractivity contribution in [2.24, 2.45) is 0 Å². The molecule has 0 aromatic carbocycles. The summed E-state index contributed by atoms with van der Waals surface area (Å²) in [5, 5.41) is 1.02. The second kappa shape index (κ2) is 4.82. The van der Waals surface area contributed by atoms with Crippen LogP contribution in [0, 0.1) is 0 Å². The molecule has 0 spiro atoms. The van der Waals surface area contributed by atoms with Crippen molar-refractivity contribution in [3.63, 3.8) is 0 Å². The molecule has 1 N–H and O–H groups in total. The lowest BCUT2D eigenvalue weighted by Crippen LogP contribution is -2.13. The Labute approximate surface area is 77.9 Å². The van der Waals surface area contributed by atoms with E-state index in [0.29, 0.717) is 13.2 Å². The Morgan fingerprint density at radius 2 is 2.64 bits per heavy atom. The number of hydroxylamine groups is 1. The highest BCUT2D eigenvalue weighted by molar-refractivity contribution is 9.11. The van der Waals surface area contributed by atoms with Crippen molar-refractivity contribution in [2.45, 2.75) is 13.5 Å². The lowest BCUT2D eigenvalue weighted by Gasteiger charge is -1.98. The second-order valence-electron chi connectivity index (χ2n) is 1.81. The smallest absolute Gasteiger partial charge is 0.110 e. The van der Waals surface area contributed by atoms with Crippen molar-refractivity contribution in [3.8, 4) is 0 Å². The van der Waals surface area contributed by atoms with Gasteiger partial charge in [-0.3, -0.25) is 0 Å². The van der Waals surface area contributed by atoms with Crippen molar-refractivity contribution < 1.29 is 4.84 Å². The monoisotopic (exact) mass is 236 g/mol. The van der Waals surface area contributed by atoms with Crippen LogP contribution in [0.1, 0.15) is 11.9 Å². The molecule has 1 rings (SSSR count). The van der Waals surface area contributed by atoms with Crippen LogP contribution in [-0.4, -0.2) is 11.6 Å². The zero-order chi connectivity index (χ0) is 8.10. The Morgan fingerprint density at radius 3 is 3.18 bits per heavy atom. The molecule has 0 saturated carbocycles. The van der Waals surface area contributed by atoms with E-state index in [-0.39, 0.29) is 0 Å². The minimum atomic E-state index is 0.671. The molecular formula is C6H9BrN2OS. The molecule has 62 valence electrons. The van der Waals surface area contributed by atoms with Crippen LogP contribution < -0.4 is 5.48 Å². The largest absolute Gasteiger partial charge is 0.302 e. The quantitative estimate of drug-likeness (QED) is 0.642. The molecule has 0 aliphatic rings. The van der Waals surface area contributed by atoms with Gasteiger partial charge in [-0.25, -0.2) is 4.98 Å². The molecule has 0 bridgehead atoms. The predicted molar refractivity (Wildman–Crippen MR) is 48.3 cm³/mol. The first-order valence-electron chi connectivity index (χ1n) is 3.27. The molecule has 3 nitrogen and oxygen atoms in total. The summed E-state index contributed by atoms with van der Waals surface area (Å²) in [5.74, 6) is 0. The highest BCUT2D eigenvalue weighted by atomic mass is 79.9. The number of thiazole rings is 1. The summed E-state index contributed by atoms with van der Waals surface area (Å²) in [4.78, 5) is 9.06. The van der Waals surface area contributed by atoms with Gasteiger partial charge < -0.3 is 4.84 Å². The van der Waals surface area contributed by atoms with Gasteiger partial charge in [0.2, 0.25) is 0 Å². The topological polar surface area (TPSA) is 34.1 Å². The van der Waals surface area contributed by atoms with Gasteiger partial charge in [0.25, 0.3) is 0 Å². The minimum Gasteiger partial charge on any atom is -0.302 e. The lowest BCUT2D eigenvalue weighted by atomic mass is 10.7. The van der Waals surface area contributed by atoms with E-state index in [0.717, 1.165) is 8.79 Å². The van der Waals surface area contributed by atoms with E-state index in [1.807, 2.05) is 6.92 Å². The third kappa shape index (κ3) is 3.29. The fourth-order valence-corrected chi connectivity index (χ4v) is 1.81. The van der Waals surface area contributed by atoms with Crippen LogP contribution >= 0.6 is 27.3 Å². The van der Waals surface area contributed by atoms with E-state index < -0.39 is 0 Å². The molecule has 0 aliphatic heterocycles. The van der Waals surface area contributed by atoms with Gasteiger partial charge in [0, 0.05) is 0 Å². The van der Waals surface area contributed by atoms with Gasteiger partial charge in [0.15, 0.2) is 0 Å². The van der Waals surface area contributed by atoms with Crippen molar-refractivity contribution in [1.82, 2.24) is 10.5 Å². The maximum atomic E-state index is 4.95. The first-order chi connectivity index (χ1) is 5.33. The van der Waals surface area contributed by atoms with E-state index in [4.69, 9.17) is 4.84 Å². The van der Waals surface area contributed by atoms with Crippen molar-refractivity contribution in [2.75, 3.05) is 6.61 Å². The summed E-state index contributed by atoms with van der Waals surface area (Å²) < 4.78 is 1.05. The molecule has 5 heteroatoms. The van der Waals surface area contributed by atoms with Crippen molar-refractivity contribution >= 4 is 27.3 Å². The van der Waals surface area contributed by atoms with Gasteiger partial charge in [-0.15, -0.1) is 11.3 Å². The Kier molecular flexibility index (Phi) is 3.99. The number of hydrogen-bond donors (Lipinski definition) is 1. The van der Waals surface area contributed by atoms with Gasteiger partial charge in [-0.2, -0.15) is 5.48 Å². The first kappa shape index (κ1) is 9.12. The van der Waals surface area contributed by atoms with Gasteiger partial charge in [-0.05, 0) is 22.9 Å². The molecule has 11 heavy (non-hydrogen) atoms. The molecule has 0 amide bonds. The van der Waals surface area contributed by atoms with Gasteiger partial charge in [-0.1, -0.05) is 0 Å². The van der Waals surface area contributed by atoms with Crippen molar-refractivity contribution in [3.05, 3.63) is 15.0 Å². The molecule has 0 saturated heterocycles. The van der Waals surface area contributed by atoms with Gasteiger partial charge in [0.05, 0.1) is 23.1 Å². The summed E-state index contributed by atoms with van der Waals surface area (Å²) in [7, 11) is 0. The summed E-state index contributed by atoms with van der Waals surface area (Å²) in [6.45, 7) is 3.28. The molecule has 0 fully saturated rings. The van der Waals surface area contributed by atoms with E-state index in [1.54, 1.807) is 17.5 Å². The summed E-state index contributed by atoms with van der Waals surface area (Å²) in [6, 6.07) is 0. The third-order valence-corrected chi connectivity index (χ3v) is 2.47. The minimum absolute atomic E-state index is 0.671. The van der Waals surface area contributed by atoms with Gasteiger partial charge in [0.1, 0.15) is 5.01 Å². The fourth-order valence-electron chi connectivity index (χ4n) is 0.585. The average molecular weight is 237 g/mol. The number of halogens is 1. The lowest BCUT2D eigenvalue weighted by molar-refractivity contribution is 0.0463. The maximum absolute atomic E-state index is 4.95. The summed E-state index contributed by atoms with van der Waals surface area (Å²) >= 11 is 4.93. The Hall–Kier alpha value is 0.0300. The number of nitrogens with one attached hydrogen (secondary N) is 1. The second-order valence-corrected chi connectivity index (χ2v) is 4.31. The zero-order valence-electron chi connectivity index (χ0n) is 6.13. The van der Waals surface area contributed by atoms with Crippen LogP contribution in [-0.2, 0) is 11.4 Å². The molecule has 0 unspecified atom stereocenters. The highest BCUT2D eigenvalue weighted by Crippen LogP contribution is 2.18. The predicted octanol–water partition coefficient (Wildman–Crippen LogP) is 1.95. The van der Waals surface area contributed by atoms with Gasteiger partial charge >= 0.3 is 0 Å². The van der Waals surface area contributed by atoms with Crippen LogP contribution in [0.15, 0.2) is 9.98 Å². The fraction of sp³-hybridized carbons (Fsp3) is 0.500. The van der Waals surface area contributed by atoms with Crippen LogP contribution in [0.5, 0.6) is 0 Å². The van der Waals surface area contributed by atoms with E-state index in [9.17, 15) is 0 Å². The third-order valence-electron chi connectivity index (χ3n) is 0.995. The summed E-state index contributed by atoms with van der Waals surface area (Å²) in [6.07, 6.45) is 1.79. The zero-order valence-corrected chi connectivity index (χ0v) is 8.54. The average Bonchev–Trinajstić information content (AvgIpc) is 2.37. The summed E-state index contributed by atoms with van der Waals surface area (Å²) in [5.41, 5.74) is 2.79. The van der Waals surface area contributed by atoms with E-state index in [1.165, 1.54) is 0 Å². The highest BCUT2D eigenvalue weighted by Gasteiger charge is 1.97. The molecule has 1 aromatic heterocycles. The number of rotatable bonds is 4. The Bertz CT molecular complexity index is 216. The normalized spacial score (nSPS) is 10.4. The molecular weight excluding hydrogens is 228 g/mol. The Morgan fingerprint density at radius 1 is 1.82 bits per heavy atom. The number of hydrogen-bond acceptors (Lipinski definition) is 4. The van der Waals surface area contributed by atoms with Crippen LogP contribution in [0.3, 0.4) is 0 Å². The SMILES string of the molecule is CCONCc1ncc(Br)s1.